The Labute approximate surface area is 426 Å². The van der Waals surface area contributed by atoms with E-state index in [0.29, 0.717) is 6.42 Å². The molecule has 0 fully saturated rings. The van der Waals surface area contributed by atoms with Crippen LogP contribution in [0.5, 0.6) is 0 Å². The van der Waals surface area contributed by atoms with Crippen molar-refractivity contribution in [3.63, 3.8) is 0 Å². The zero-order chi connectivity index (χ0) is 49.2. The molecule has 0 radical (unpaired) electrons. The number of amides is 1. The van der Waals surface area contributed by atoms with E-state index in [0.717, 1.165) is 38.5 Å². The number of rotatable bonds is 57. The van der Waals surface area contributed by atoms with Crippen LogP contribution in [0.2, 0.25) is 0 Å². The summed E-state index contributed by atoms with van der Waals surface area (Å²) in [5.74, 6) is -0.0732. The predicted octanol–water partition coefficient (Wildman–Crippen LogP) is 20.6. The van der Waals surface area contributed by atoms with Gasteiger partial charge in [0.1, 0.15) is 0 Å². The van der Waals surface area contributed by atoms with Crippen LogP contribution < -0.4 is 5.32 Å². The van der Waals surface area contributed by atoms with E-state index in [9.17, 15) is 15.0 Å². The minimum Gasteiger partial charge on any atom is -0.394 e. The Kier molecular flexibility index (Phi) is 58.2. The third kappa shape index (κ3) is 55.3. The molecule has 0 spiro atoms. The number of carbonyl (C=O) groups is 1. The first kappa shape index (κ1) is 66.3. The summed E-state index contributed by atoms with van der Waals surface area (Å²) in [5.41, 5.74) is 0. The van der Waals surface area contributed by atoms with Crippen LogP contribution in [-0.4, -0.2) is 34.9 Å². The molecule has 4 nitrogen and oxygen atoms in total. The van der Waals surface area contributed by atoms with Crippen LogP contribution in [0.25, 0.3) is 0 Å². The second-order valence-electron chi connectivity index (χ2n) is 21.1. The molecule has 0 aliphatic rings. The smallest absolute Gasteiger partial charge is 0.220 e. The number of hydrogen-bond acceptors (Lipinski definition) is 3. The molecule has 3 N–H and O–H groups in total. The Morgan fingerprint density at radius 1 is 0.338 bits per heavy atom. The highest BCUT2D eigenvalue weighted by Crippen LogP contribution is 2.17. The highest BCUT2D eigenvalue weighted by atomic mass is 16.3. The van der Waals surface area contributed by atoms with Gasteiger partial charge in [-0.25, -0.2) is 0 Å². The Morgan fingerprint density at radius 3 is 0.853 bits per heavy atom. The third-order valence-electron chi connectivity index (χ3n) is 14.3. The van der Waals surface area contributed by atoms with Crippen LogP contribution in [-0.2, 0) is 4.79 Å². The molecule has 4 heteroatoms. The third-order valence-corrected chi connectivity index (χ3v) is 14.3. The second kappa shape index (κ2) is 59.7. The molecule has 0 bridgehead atoms. The molecule has 0 aromatic heterocycles. The maximum Gasteiger partial charge on any atom is 0.220 e. The summed E-state index contributed by atoms with van der Waals surface area (Å²) >= 11 is 0. The summed E-state index contributed by atoms with van der Waals surface area (Å²) in [5, 5.41) is 23.2. The van der Waals surface area contributed by atoms with E-state index in [1.165, 1.54) is 276 Å². The van der Waals surface area contributed by atoms with Crippen LogP contribution in [0.1, 0.15) is 335 Å². The average Bonchev–Trinajstić information content (AvgIpc) is 3.34. The van der Waals surface area contributed by atoms with E-state index in [4.69, 9.17) is 0 Å². The lowest BCUT2D eigenvalue weighted by Crippen LogP contribution is -2.45. The van der Waals surface area contributed by atoms with E-state index in [2.05, 4.69) is 55.6 Å². The fourth-order valence-electron chi connectivity index (χ4n) is 9.56. The molecule has 68 heavy (non-hydrogen) atoms. The van der Waals surface area contributed by atoms with Gasteiger partial charge in [0, 0.05) is 6.42 Å². The number of aliphatic hydroxyl groups excluding tert-OH is 2. The van der Waals surface area contributed by atoms with Gasteiger partial charge in [-0.1, -0.05) is 306 Å². The highest BCUT2D eigenvalue weighted by molar-refractivity contribution is 5.76. The zero-order valence-electron chi connectivity index (χ0n) is 46.1. The van der Waals surface area contributed by atoms with Gasteiger partial charge in [-0.2, -0.15) is 0 Å². The van der Waals surface area contributed by atoms with Gasteiger partial charge in [-0.05, 0) is 70.6 Å². The quantitative estimate of drug-likeness (QED) is 0.0420. The molecule has 0 rings (SSSR count). The maximum absolute atomic E-state index is 12.5. The van der Waals surface area contributed by atoms with Crippen molar-refractivity contribution < 1.29 is 15.0 Å². The normalized spacial score (nSPS) is 13.1. The molecule has 0 aromatic carbocycles. The molecule has 0 heterocycles. The lowest BCUT2D eigenvalue weighted by Gasteiger charge is -2.19. The summed E-state index contributed by atoms with van der Waals surface area (Å²) in [6, 6.07) is -0.646. The van der Waals surface area contributed by atoms with E-state index in [1.54, 1.807) is 6.08 Å². The van der Waals surface area contributed by atoms with E-state index in [1.807, 2.05) is 6.08 Å². The highest BCUT2D eigenvalue weighted by Gasteiger charge is 2.18. The van der Waals surface area contributed by atoms with Crippen molar-refractivity contribution in [1.29, 1.82) is 0 Å². The van der Waals surface area contributed by atoms with Gasteiger partial charge in [0.25, 0.3) is 0 Å². The number of carbonyl (C=O) groups excluding carboxylic acids is 1. The standard InChI is InChI=1S/C64H121NO3/c1-3-5-7-9-11-13-15-17-19-21-23-25-26-27-28-29-30-31-32-33-34-35-36-37-38-40-42-44-46-48-50-52-54-56-58-60-64(68)65-62(61-66)63(67)59-57-55-53-51-49-47-45-43-41-39-24-22-20-18-16-14-12-10-8-6-4-2/h29-30,41,43,49,51,57,59,62-63,66-67H,3-28,31-40,42,44-48,50,52-56,58,60-61H2,1-2H3,(H,65,68)/b30-29-,43-41+,51-49+,59-57+. The predicted molar refractivity (Wildman–Crippen MR) is 304 cm³/mol. The SMILES string of the molecule is CCCCCCCCCCCCC/C=C/CC/C=C/CC/C=C/C(O)C(CO)NC(=O)CCCCCCCCCCCCCCCCCCC/C=C\CCCCCCCCCCCCCCCC. The van der Waals surface area contributed by atoms with Crippen LogP contribution in [0.15, 0.2) is 48.6 Å². The molecule has 0 aliphatic heterocycles. The van der Waals surface area contributed by atoms with Crippen LogP contribution in [0, 0.1) is 0 Å². The van der Waals surface area contributed by atoms with Crippen molar-refractivity contribution in [1.82, 2.24) is 5.32 Å². The van der Waals surface area contributed by atoms with Gasteiger partial charge >= 0.3 is 0 Å². The molecule has 400 valence electrons. The van der Waals surface area contributed by atoms with Crippen molar-refractivity contribution in [3.8, 4) is 0 Å². The number of aliphatic hydroxyl groups is 2. The summed E-state index contributed by atoms with van der Waals surface area (Å²) in [6.45, 7) is 4.33. The van der Waals surface area contributed by atoms with Crippen LogP contribution in [0.3, 0.4) is 0 Å². The van der Waals surface area contributed by atoms with Gasteiger partial charge in [0.15, 0.2) is 0 Å². The van der Waals surface area contributed by atoms with Crippen molar-refractivity contribution in [2.45, 2.75) is 347 Å². The maximum atomic E-state index is 12.5. The van der Waals surface area contributed by atoms with Crippen LogP contribution in [0.4, 0.5) is 0 Å². The van der Waals surface area contributed by atoms with Gasteiger partial charge in [-0.3, -0.25) is 4.79 Å². The Morgan fingerprint density at radius 2 is 0.574 bits per heavy atom. The summed E-state index contributed by atoms with van der Waals surface area (Å²) in [7, 11) is 0. The lowest BCUT2D eigenvalue weighted by molar-refractivity contribution is -0.123. The molecule has 0 saturated carbocycles. The van der Waals surface area contributed by atoms with Crippen molar-refractivity contribution >= 4 is 5.91 Å². The molecular weight excluding hydrogens is 831 g/mol. The monoisotopic (exact) mass is 952 g/mol. The minimum atomic E-state index is -0.871. The van der Waals surface area contributed by atoms with Crippen molar-refractivity contribution in [2.75, 3.05) is 6.61 Å². The van der Waals surface area contributed by atoms with E-state index >= 15 is 0 Å². The van der Waals surface area contributed by atoms with E-state index in [-0.39, 0.29) is 12.5 Å². The molecule has 0 aromatic rings. The largest absolute Gasteiger partial charge is 0.394 e. The van der Waals surface area contributed by atoms with Gasteiger partial charge in [-0.15, -0.1) is 0 Å². The van der Waals surface area contributed by atoms with Gasteiger partial charge in [0.2, 0.25) is 5.91 Å². The van der Waals surface area contributed by atoms with Gasteiger partial charge < -0.3 is 15.5 Å². The summed E-state index contributed by atoms with van der Waals surface area (Å²) in [6.07, 6.45) is 83.1. The van der Waals surface area contributed by atoms with Crippen molar-refractivity contribution in [2.24, 2.45) is 0 Å². The molecular formula is C64H121NO3. The first-order valence-electron chi connectivity index (χ1n) is 30.9. The Balaban J connectivity index is 3.47. The first-order chi connectivity index (χ1) is 33.7. The fourth-order valence-corrected chi connectivity index (χ4v) is 9.56. The average molecular weight is 953 g/mol. The minimum absolute atomic E-state index is 0.0732. The molecule has 2 atom stereocenters. The second-order valence-corrected chi connectivity index (χ2v) is 21.1. The molecule has 2 unspecified atom stereocenters. The molecule has 0 saturated heterocycles. The van der Waals surface area contributed by atoms with E-state index < -0.39 is 12.1 Å². The Bertz CT molecular complexity index is 1080. The Hall–Kier alpha value is -1.65. The summed E-state index contributed by atoms with van der Waals surface area (Å²) < 4.78 is 0. The molecule has 1 amide bonds. The van der Waals surface area contributed by atoms with Crippen LogP contribution >= 0.6 is 0 Å². The number of unbranched alkanes of at least 4 members (excludes halogenated alkanes) is 44. The topological polar surface area (TPSA) is 69.6 Å². The first-order valence-corrected chi connectivity index (χ1v) is 30.9. The summed E-state index contributed by atoms with van der Waals surface area (Å²) in [4.78, 5) is 12.5. The number of allylic oxidation sites excluding steroid dienone is 7. The fraction of sp³-hybridized carbons (Fsp3) is 0.859. The van der Waals surface area contributed by atoms with Gasteiger partial charge in [0.05, 0.1) is 18.8 Å². The zero-order valence-corrected chi connectivity index (χ0v) is 46.1. The van der Waals surface area contributed by atoms with Crippen molar-refractivity contribution in [3.05, 3.63) is 48.6 Å². The molecule has 0 aliphatic carbocycles. The lowest BCUT2D eigenvalue weighted by atomic mass is 10.0. The number of hydrogen-bond donors (Lipinski definition) is 3. The number of nitrogens with one attached hydrogen (secondary N) is 1.